The van der Waals surface area contributed by atoms with Crippen molar-refractivity contribution >= 4 is 15.7 Å². The molecule has 0 aromatic heterocycles. The minimum atomic E-state index is -3.64. The molecule has 0 amide bonds. The van der Waals surface area contributed by atoms with E-state index in [1.165, 1.54) is 12.1 Å². The van der Waals surface area contributed by atoms with Gasteiger partial charge in [-0.15, -0.1) is 0 Å². The lowest BCUT2D eigenvalue weighted by Gasteiger charge is -2.08. The Kier molecular flexibility index (Phi) is 4.83. The third-order valence-corrected chi connectivity index (χ3v) is 5.18. The highest BCUT2D eigenvalue weighted by Crippen LogP contribution is 2.23. The number of sulfonamides is 1. The van der Waals surface area contributed by atoms with Crippen LogP contribution in [0.1, 0.15) is 5.56 Å². The Morgan fingerprint density at radius 3 is 2.20 bits per heavy atom. The molecule has 3 N–H and O–H groups in total. The van der Waals surface area contributed by atoms with Crippen LogP contribution in [0.25, 0.3) is 11.1 Å². The number of rotatable bonds is 5. The predicted octanol–water partition coefficient (Wildman–Crippen LogP) is 3.55. The Bertz CT molecular complexity index is 969. The van der Waals surface area contributed by atoms with Gasteiger partial charge >= 0.3 is 0 Å². The average Bonchev–Trinajstić information content (AvgIpc) is 2.61. The molecule has 0 aliphatic carbocycles. The zero-order chi connectivity index (χ0) is 17.9. The van der Waals surface area contributed by atoms with Gasteiger partial charge in [-0.3, -0.25) is 0 Å². The van der Waals surface area contributed by atoms with Crippen LogP contribution in [-0.4, -0.2) is 8.42 Å². The standard InChI is InChI=1S/C19H17FN2O2S/c20-17-8-4-14(5-9-17)13-22-25(23,24)19-10-6-15(7-11-19)16-2-1-3-18(21)12-16/h1-12,22H,13,21H2. The van der Waals surface area contributed by atoms with Gasteiger partial charge in [0, 0.05) is 12.2 Å². The Morgan fingerprint density at radius 2 is 1.56 bits per heavy atom. The molecule has 6 heteroatoms. The Labute approximate surface area is 146 Å². The van der Waals surface area contributed by atoms with Crippen molar-refractivity contribution < 1.29 is 12.8 Å². The van der Waals surface area contributed by atoms with Crippen LogP contribution in [0.2, 0.25) is 0 Å². The van der Waals surface area contributed by atoms with Gasteiger partial charge in [-0.1, -0.05) is 36.4 Å². The molecule has 0 radical (unpaired) electrons. The van der Waals surface area contributed by atoms with Crippen molar-refractivity contribution in [1.82, 2.24) is 4.72 Å². The summed E-state index contributed by atoms with van der Waals surface area (Å²) in [6.45, 7) is 0.0968. The molecule has 3 aromatic carbocycles. The maximum atomic E-state index is 12.9. The maximum Gasteiger partial charge on any atom is 0.240 e. The molecule has 0 saturated carbocycles. The van der Waals surface area contributed by atoms with Gasteiger partial charge in [0.15, 0.2) is 0 Å². The lowest BCUT2D eigenvalue weighted by molar-refractivity contribution is 0.581. The van der Waals surface area contributed by atoms with Crippen LogP contribution >= 0.6 is 0 Å². The van der Waals surface area contributed by atoms with E-state index in [0.29, 0.717) is 11.3 Å². The largest absolute Gasteiger partial charge is 0.399 e. The number of halogens is 1. The van der Waals surface area contributed by atoms with Crippen LogP contribution in [0.15, 0.2) is 77.7 Å². The van der Waals surface area contributed by atoms with Crippen molar-refractivity contribution in [2.24, 2.45) is 0 Å². The molecule has 0 spiro atoms. The zero-order valence-electron chi connectivity index (χ0n) is 13.3. The second-order valence-corrected chi connectivity index (χ2v) is 7.37. The lowest BCUT2D eigenvalue weighted by atomic mass is 10.1. The summed E-state index contributed by atoms with van der Waals surface area (Å²) >= 11 is 0. The smallest absolute Gasteiger partial charge is 0.240 e. The van der Waals surface area contributed by atoms with Crippen LogP contribution in [0, 0.1) is 5.82 Å². The maximum absolute atomic E-state index is 12.9. The summed E-state index contributed by atoms with van der Waals surface area (Å²) < 4.78 is 40.1. The SMILES string of the molecule is Nc1cccc(-c2ccc(S(=O)(=O)NCc3ccc(F)cc3)cc2)c1. The van der Waals surface area contributed by atoms with Crippen LogP contribution in [0.3, 0.4) is 0 Å². The van der Waals surface area contributed by atoms with E-state index in [0.717, 1.165) is 11.1 Å². The summed E-state index contributed by atoms with van der Waals surface area (Å²) in [5.74, 6) is -0.358. The van der Waals surface area contributed by atoms with E-state index in [9.17, 15) is 12.8 Å². The molecule has 0 aliphatic heterocycles. The van der Waals surface area contributed by atoms with Gasteiger partial charge in [0.25, 0.3) is 0 Å². The molecule has 0 bridgehead atoms. The summed E-state index contributed by atoms with van der Waals surface area (Å²) in [6.07, 6.45) is 0. The molecule has 0 fully saturated rings. The molecule has 3 rings (SSSR count). The van der Waals surface area contributed by atoms with Crippen LogP contribution in [-0.2, 0) is 16.6 Å². The van der Waals surface area contributed by atoms with Crippen molar-refractivity contribution in [3.63, 3.8) is 0 Å². The van der Waals surface area contributed by atoms with Gasteiger partial charge in [0.1, 0.15) is 5.82 Å². The fourth-order valence-corrected chi connectivity index (χ4v) is 3.43. The number of anilines is 1. The highest BCUT2D eigenvalue weighted by molar-refractivity contribution is 7.89. The highest BCUT2D eigenvalue weighted by atomic mass is 32.2. The fourth-order valence-electron chi connectivity index (χ4n) is 2.41. The molecular weight excluding hydrogens is 339 g/mol. The molecule has 4 nitrogen and oxygen atoms in total. The van der Waals surface area contributed by atoms with Crippen molar-refractivity contribution in [2.45, 2.75) is 11.4 Å². The summed E-state index contributed by atoms with van der Waals surface area (Å²) in [4.78, 5) is 0.169. The fraction of sp³-hybridized carbons (Fsp3) is 0.0526. The van der Waals surface area contributed by atoms with Gasteiger partial charge in [-0.25, -0.2) is 17.5 Å². The normalized spacial score (nSPS) is 11.4. The van der Waals surface area contributed by atoms with Crippen LogP contribution in [0.5, 0.6) is 0 Å². The number of nitrogens with two attached hydrogens (primary N) is 1. The van der Waals surface area contributed by atoms with E-state index in [2.05, 4.69) is 4.72 Å². The second-order valence-electron chi connectivity index (χ2n) is 5.60. The molecule has 0 unspecified atom stereocenters. The van der Waals surface area contributed by atoms with E-state index in [4.69, 9.17) is 5.73 Å². The molecule has 0 aliphatic rings. The molecule has 25 heavy (non-hydrogen) atoms. The highest BCUT2D eigenvalue weighted by Gasteiger charge is 2.13. The van der Waals surface area contributed by atoms with Crippen molar-refractivity contribution in [1.29, 1.82) is 0 Å². The van der Waals surface area contributed by atoms with E-state index in [1.54, 1.807) is 42.5 Å². The van der Waals surface area contributed by atoms with Gasteiger partial charge in [0.2, 0.25) is 10.0 Å². The minimum absolute atomic E-state index is 0.0968. The molecule has 3 aromatic rings. The second kappa shape index (κ2) is 7.04. The lowest BCUT2D eigenvalue weighted by Crippen LogP contribution is -2.23. The van der Waals surface area contributed by atoms with Crippen LogP contribution < -0.4 is 10.5 Å². The molecule has 0 heterocycles. The van der Waals surface area contributed by atoms with E-state index in [1.807, 2.05) is 18.2 Å². The first-order valence-corrected chi connectivity index (χ1v) is 9.12. The van der Waals surface area contributed by atoms with Crippen molar-refractivity contribution in [3.8, 4) is 11.1 Å². The Balaban J connectivity index is 1.75. The Morgan fingerprint density at radius 1 is 0.880 bits per heavy atom. The Hall–Kier alpha value is -2.70. The van der Waals surface area contributed by atoms with Crippen molar-refractivity contribution in [2.75, 3.05) is 5.73 Å². The first kappa shape index (κ1) is 17.1. The molecule has 128 valence electrons. The topological polar surface area (TPSA) is 72.2 Å². The van der Waals surface area contributed by atoms with Crippen LogP contribution in [0.4, 0.5) is 10.1 Å². The number of hydrogen-bond donors (Lipinski definition) is 2. The van der Waals surface area contributed by atoms with Gasteiger partial charge in [-0.2, -0.15) is 0 Å². The number of nitrogens with one attached hydrogen (secondary N) is 1. The summed E-state index contributed by atoms with van der Waals surface area (Å²) in [7, 11) is -3.64. The molecular formula is C19H17FN2O2S. The summed E-state index contributed by atoms with van der Waals surface area (Å²) in [6, 6.07) is 19.6. The third kappa shape index (κ3) is 4.23. The predicted molar refractivity (Wildman–Crippen MR) is 96.7 cm³/mol. The molecule has 0 atom stereocenters. The molecule has 0 saturated heterocycles. The number of benzene rings is 3. The minimum Gasteiger partial charge on any atom is -0.399 e. The van der Waals surface area contributed by atoms with Gasteiger partial charge in [-0.05, 0) is 53.1 Å². The van der Waals surface area contributed by atoms with E-state index in [-0.39, 0.29) is 17.3 Å². The monoisotopic (exact) mass is 356 g/mol. The number of nitrogen functional groups attached to an aromatic ring is 1. The third-order valence-electron chi connectivity index (χ3n) is 3.76. The van der Waals surface area contributed by atoms with E-state index >= 15 is 0 Å². The first-order valence-electron chi connectivity index (χ1n) is 7.64. The van der Waals surface area contributed by atoms with E-state index < -0.39 is 10.0 Å². The average molecular weight is 356 g/mol. The van der Waals surface area contributed by atoms with Gasteiger partial charge < -0.3 is 5.73 Å². The summed E-state index contributed by atoms with van der Waals surface area (Å²) in [5.41, 5.74) is 8.90. The van der Waals surface area contributed by atoms with Gasteiger partial charge in [0.05, 0.1) is 4.90 Å². The summed E-state index contributed by atoms with van der Waals surface area (Å²) in [5, 5.41) is 0. The number of hydrogen-bond acceptors (Lipinski definition) is 3. The quantitative estimate of drug-likeness (QED) is 0.687. The first-order chi connectivity index (χ1) is 11.9. The van der Waals surface area contributed by atoms with Crippen molar-refractivity contribution in [3.05, 3.63) is 84.2 Å². The zero-order valence-corrected chi connectivity index (χ0v) is 14.1.